The summed E-state index contributed by atoms with van der Waals surface area (Å²) in [6.45, 7) is 4.26. The van der Waals surface area contributed by atoms with Crippen molar-refractivity contribution < 1.29 is 13.2 Å². The Morgan fingerprint density at radius 1 is 1.19 bits per heavy atom. The number of sulfonamides is 1. The topological polar surface area (TPSA) is 75.3 Å². The molecule has 1 aromatic carbocycles. The van der Waals surface area contributed by atoms with Crippen LogP contribution in [-0.2, 0) is 20.6 Å². The van der Waals surface area contributed by atoms with Crippen molar-refractivity contribution in [3.05, 3.63) is 50.1 Å². The van der Waals surface area contributed by atoms with E-state index < -0.39 is 10.0 Å². The third-order valence-corrected chi connectivity index (χ3v) is 8.14. The van der Waals surface area contributed by atoms with Gasteiger partial charge >= 0.3 is 0 Å². The smallest absolute Gasteiger partial charge is 0.240 e. The Hall–Kier alpha value is -0.870. The Kier molecular flexibility index (Phi) is 8.81. The highest BCUT2D eigenvalue weighted by molar-refractivity contribution is 9.11. The molecule has 9 heteroatoms. The summed E-state index contributed by atoms with van der Waals surface area (Å²) < 4.78 is 28.4. The van der Waals surface area contributed by atoms with Crippen LogP contribution in [0.1, 0.15) is 22.4 Å². The molecule has 0 radical (unpaired) electrons. The van der Waals surface area contributed by atoms with Crippen molar-refractivity contribution >= 4 is 55.0 Å². The van der Waals surface area contributed by atoms with E-state index >= 15 is 0 Å². The molecule has 148 valence electrons. The number of rotatable bonds is 10. The minimum absolute atomic E-state index is 0.0813. The third-order valence-electron chi connectivity index (χ3n) is 3.72. The van der Waals surface area contributed by atoms with Gasteiger partial charge in [-0.15, -0.1) is 11.3 Å². The van der Waals surface area contributed by atoms with Gasteiger partial charge in [0.15, 0.2) is 0 Å². The molecule has 1 amide bonds. The highest BCUT2D eigenvalue weighted by Crippen LogP contribution is 2.25. The number of halogens is 1. The van der Waals surface area contributed by atoms with Crippen LogP contribution >= 0.6 is 39.0 Å². The lowest BCUT2D eigenvalue weighted by molar-refractivity contribution is -0.120. The second-order valence-corrected chi connectivity index (χ2v) is 11.4. The Balaban J connectivity index is 1.65. The van der Waals surface area contributed by atoms with E-state index in [1.165, 1.54) is 4.88 Å². The molecule has 0 saturated heterocycles. The van der Waals surface area contributed by atoms with E-state index in [2.05, 4.69) is 32.0 Å². The van der Waals surface area contributed by atoms with Crippen LogP contribution in [0.2, 0.25) is 0 Å². The van der Waals surface area contributed by atoms with Gasteiger partial charge in [0.2, 0.25) is 15.9 Å². The van der Waals surface area contributed by atoms with Crippen molar-refractivity contribution in [2.24, 2.45) is 0 Å². The van der Waals surface area contributed by atoms with Crippen LogP contribution in [0.3, 0.4) is 0 Å². The van der Waals surface area contributed by atoms with E-state index in [-0.39, 0.29) is 23.8 Å². The molecule has 27 heavy (non-hydrogen) atoms. The fourth-order valence-corrected chi connectivity index (χ4v) is 6.14. The van der Waals surface area contributed by atoms with Crippen molar-refractivity contribution in [2.75, 3.05) is 18.8 Å². The fraction of sp³-hybridized carbons (Fsp3) is 0.389. The largest absolute Gasteiger partial charge is 0.355 e. The minimum atomic E-state index is -3.60. The number of amides is 1. The first-order valence-electron chi connectivity index (χ1n) is 8.43. The van der Waals surface area contributed by atoms with E-state index in [0.717, 1.165) is 20.9 Å². The van der Waals surface area contributed by atoms with Crippen LogP contribution in [0, 0.1) is 13.8 Å². The molecular formula is C18H23BrN2O3S3. The van der Waals surface area contributed by atoms with E-state index in [9.17, 15) is 13.2 Å². The average Bonchev–Trinajstić information content (AvgIpc) is 3.01. The molecule has 0 atom stereocenters. The molecule has 0 unspecified atom stereocenters. The van der Waals surface area contributed by atoms with E-state index in [1.54, 1.807) is 42.2 Å². The SMILES string of the molecule is Cc1ccc(C)c(S(=O)(=O)NCCC(=O)NCCSCc2ccc(Br)s2)c1. The number of carbonyl (C=O) groups excluding carboxylic acids is 1. The number of nitrogens with one attached hydrogen (secondary N) is 2. The first-order chi connectivity index (χ1) is 12.8. The molecule has 0 fully saturated rings. The van der Waals surface area contributed by atoms with Gasteiger partial charge in [-0.3, -0.25) is 4.79 Å². The first kappa shape index (κ1) is 22.4. The molecule has 2 N–H and O–H groups in total. The summed E-state index contributed by atoms with van der Waals surface area (Å²) in [5.41, 5.74) is 1.57. The summed E-state index contributed by atoms with van der Waals surface area (Å²) in [5.74, 6) is 1.58. The molecule has 0 bridgehead atoms. The van der Waals surface area contributed by atoms with Gasteiger partial charge in [-0.2, -0.15) is 11.8 Å². The maximum absolute atomic E-state index is 12.4. The molecular weight excluding hydrogens is 468 g/mol. The van der Waals surface area contributed by atoms with Gasteiger partial charge in [0.1, 0.15) is 0 Å². The monoisotopic (exact) mass is 490 g/mol. The molecule has 0 saturated carbocycles. The van der Waals surface area contributed by atoms with Crippen LogP contribution in [-0.4, -0.2) is 33.2 Å². The van der Waals surface area contributed by atoms with Crippen molar-refractivity contribution in [2.45, 2.75) is 30.9 Å². The number of benzene rings is 1. The molecule has 0 aliphatic carbocycles. The van der Waals surface area contributed by atoms with Gasteiger partial charge in [0.25, 0.3) is 0 Å². The number of carbonyl (C=O) groups is 1. The van der Waals surface area contributed by atoms with Crippen LogP contribution < -0.4 is 10.0 Å². The van der Waals surface area contributed by atoms with Gasteiger partial charge < -0.3 is 5.32 Å². The van der Waals surface area contributed by atoms with Crippen LogP contribution in [0.4, 0.5) is 0 Å². The Bertz CT molecular complexity index is 882. The van der Waals surface area contributed by atoms with E-state index in [0.29, 0.717) is 12.1 Å². The maximum atomic E-state index is 12.4. The number of hydrogen-bond acceptors (Lipinski definition) is 5. The molecule has 2 aromatic rings. The van der Waals surface area contributed by atoms with Gasteiger partial charge in [-0.1, -0.05) is 12.1 Å². The summed E-state index contributed by atoms with van der Waals surface area (Å²) in [7, 11) is -3.60. The highest BCUT2D eigenvalue weighted by Gasteiger charge is 2.16. The first-order valence-corrected chi connectivity index (χ1v) is 12.7. The summed E-state index contributed by atoms with van der Waals surface area (Å²) in [5, 5.41) is 2.82. The maximum Gasteiger partial charge on any atom is 0.240 e. The predicted molar refractivity (Wildman–Crippen MR) is 117 cm³/mol. The predicted octanol–water partition coefficient (Wildman–Crippen LogP) is 3.85. The molecule has 5 nitrogen and oxygen atoms in total. The number of thioether (sulfide) groups is 1. The lowest BCUT2D eigenvalue weighted by atomic mass is 10.2. The zero-order valence-electron chi connectivity index (χ0n) is 15.2. The quantitative estimate of drug-likeness (QED) is 0.496. The zero-order valence-corrected chi connectivity index (χ0v) is 19.3. The Labute approximate surface area is 177 Å². The average molecular weight is 491 g/mol. The molecule has 2 rings (SSSR count). The van der Waals surface area contributed by atoms with Gasteiger partial charge in [-0.25, -0.2) is 13.1 Å². The number of aryl methyl sites for hydroxylation is 2. The second-order valence-electron chi connectivity index (χ2n) is 6.03. The van der Waals surface area contributed by atoms with Gasteiger partial charge in [0.05, 0.1) is 8.68 Å². The van der Waals surface area contributed by atoms with E-state index in [4.69, 9.17) is 0 Å². The number of hydrogen-bond donors (Lipinski definition) is 2. The lowest BCUT2D eigenvalue weighted by Gasteiger charge is -2.10. The second kappa shape index (κ2) is 10.6. The fourth-order valence-electron chi connectivity index (χ4n) is 2.33. The van der Waals surface area contributed by atoms with Crippen LogP contribution in [0.25, 0.3) is 0 Å². The zero-order chi connectivity index (χ0) is 19.9. The van der Waals surface area contributed by atoms with Gasteiger partial charge in [-0.05, 0) is 59.1 Å². The Morgan fingerprint density at radius 2 is 1.96 bits per heavy atom. The Morgan fingerprint density at radius 3 is 2.67 bits per heavy atom. The van der Waals surface area contributed by atoms with Crippen LogP contribution in [0.5, 0.6) is 0 Å². The summed E-state index contributed by atoms with van der Waals surface area (Å²) in [4.78, 5) is 13.4. The number of thiophene rings is 1. The van der Waals surface area contributed by atoms with Crippen molar-refractivity contribution in [3.63, 3.8) is 0 Å². The molecule has 0 aliphatic rings. The van der Waals surface area contributed by atoms with Crippen molar-refractivity contribution in [1.29, 1.82) is 0 Å². The highest BCUT2D eigenvalue weighted by atomic mass is 79.9. The van der Waals surface area contributed by atoms with Crippen molar-refractivity contribution in [1.82, 2.24) is 10.0 Å². The third kappa shape index (κ3) is 7.57. The van der Waals surface area contributed by atoms with E-state index in [1.807, 2.05) is 19.1 Å². The lowest BCUT2D eigenvalue weighted by Crippen LogP contribution is -2.32. The summed E-state index contributed by atoms with van der Waals surface area (Å²) in [6, 6.07) is 9.41. The van der Waals surface area contributed by atoms with Gasteiger partial charge in [0, 0.05) is 35.9 Å². The molecule has 0 spiro atoms. The summed E-state index contributed by atoms with van der Waals surface area (Å²) in [6.07, 6.45) is 0.118. The standard InChI is InChI=1S/C18H23BrN2O3S3/c1-13-3-4-14(2)16(11-13)27(23,24)21-8-7-18(22)20-9-10-25-12-15-5-6-17(19)26-15/h3-6,11,21H,7-10,12H2,1-2H3,(H,20,22). The van der Waals surface area contributed by atoms with Crippen molar-refractivity contribution in [3.8, 4) is 0 Å². The minimum Gasteiger partial charge on any atom is -0.355 e. The van der Waals surface area contributed by atoms with Crippen LogP contribution in [0.15, 0.2) is 39.0 Å². The normalized spacial score (nSPS) is 11.5. The molecule has 0 aliphatic heterocycles. The molecule has 1 aromatic heterocycles. The molecule has 1 heterocycles. The summed E-state index contributed by atoms with van der Waals surface area (Å²) >= 11 is 6.90.